The molecule has 11 aromatic carbocycles. The van der Waals surface area contributed by atoms with Crippen molar-refractivity contribution in [2.24, 2.45) is 0 Å². The molecule has 1 heteroatoms. The van der Waals surface area contributed by atoms with Crippen molar-refractivity contribution < 1.29 is 4.74 Å². The van der Waals surface area contributed by atoms with Gasteiger partial charge in [-0.15, -0.1) is 0 Å². The van der Waals surface area contributed by atoms with Gasteiger partial charge in [-0.3, -0.25) is 0 Å². The van der Waals surface area contributed by atoms with Gasteiger partial charge in [0, 0.05) is 10.8 Å². The predicted octanol–water partition coefficient (Wildman–Crippen LogP) is 21.5. The van der Waals surface area contributed by atoms with Crippen molar-refractivity contribution in [1.29, 1.82) is 0 Å². The van der Waals surface area contributed by atoms with E-state index >= 15 is 0 Å². The maximum Gasteiger partial charge on any atom is 0.119 e. The summed E-state index contributed by atoms with van der Waals surface area (Å²) >= 11 is 0. The molecule has 0 fully saturated rings. The Morgan fingerprint density at radius 2 is 0.592 bits per heavy atom. The Morgan fingerprint density at radius 3 is 1.00 bits per heavy atom. The van der Waals surface area contributed by atoms with Gasteiger partial charge in [0.15, 0.2) is 0 Å². The number of ether oxygens (including phenoxy) is 1. The molecule has 2 aliphatic rings. The highest BCUT2D eigenvalue weighted by Gasteiger charge is 2.44. The van der Waals surface area contributed by atoms with Crippen molar-refractivity contribution in [3.63, 3.8) is 0 Å². The predicted molar refractivity (Wildman–Crippen MR) is 326 cm³/mol. The molecule has 11 aromatic rings. The molecule has 0 aromatic heterocycles. The summed E-state index contributed by atoms with van der Waals surface area (Å²) in [5.41, 5.74) is 22.0. The van der Waals surface area contributed by atoms with Crippen LogP contribution in [0.4, 0.5) is 0 Å². The molecule has 76 heavy (non-hydrogen) atoms. The summed E-state index contributed by atoms with van der Waals surface area (Å²) in [6.45, 7) is 12.4. The van der Waals surface area contributed by atoms with Gasteiger partial charge in [0.25, 0.3) is 0 Å². The van der Waals surface area contributed by atoms with Crippen LogP contribution >= 0.6 is 0 Å². The Balaban J connectivity index is 0.983. The van der Waals surface area contributed by atoms with E-state index in [9.17, 15) is 0 Å². The van der Waals surface area contributed by atoms with Crippen molar-refractivity contribution in [3.05, 3.63) is 222 Å². The number of hydrogen-bond acceptors (Lipinski definition) is 1. The number of rotatable bonds is 15. The highest BCUT2D eigenvalue weighted by molar-refractivity contribution is 6.30. The third-order valence-electron chi connectivity index (χ3n) is 17.7. The van der Waals surface area contributed by atoms with Crippen LogP contribution in [0.25, 0.3) is 110 Å². The van der Waals surface area contributed by atoms with Gasteiger partial charge in [0.05, 0.1) is 6.61 Å². The lowest BCUT2D eigenvalue weighted by molar-refractivity contribution is 0.317. The first-order valence-corrected chi connectivity index (χ1v) is 28.6. The quantitative estimate of drug-likeness (QED) is 0.0930. The molecule has 0 saturated carbocycles. The van der Waals surface area contributed by atoms with Gasteiger partial charge in [0.2, 0.25) is 0 Å². The van der Waals surface area contributed by atoms with Crippen LogP contribution in [0.5, 0.6) is 5.75 Å². The van der Waals surface area contributed by atoms with Crippen LogP contribution in [0.1, 0.15) is 115 Å². The van der Waals surface area contributed by atoms with E-state index in [0.717, 1.165) is 50.7 Å². The molecule has 0 heterocycles. The third kappa shape index (κ3) is 7.33. The van der Waals surface area contributed by atoms with Gasteiger partial charge < -0.3 is 4.74 Å². The number of hydrogen-bond donors (Lipinski definition) is 0. The van der Waals surface area contributed by atoms with Crippen molar-refractivity contribution in [1.82, 2.24) is 0 Å². The summed E-state index contributed by atoms with van der Waals surface area (Å²) in [7, 11) is 0. The molecule has 2 aliphatic carbocycles. The van der Waals surface area contributed by atoms with E-state index in [2.05, 4.69) is 235 Å². The molecule has 0 unspecified atom stereocenters. The topological polar surface area (TPSA) is 9.23 Å². The average molecular weight is 985 g/mol. The van der Waals surface area contributed by atoms with E-state index < -0.39 is 0 Å². The Hall–Kier alpha value is -7.74. The van der Waals surface area contributed by atoms with Crippen LogP contribution in [-0.2, 0) is 10.8 Å². The normalized spacial score (nSPS) is 13.8. The zero-order chi connectivity index (χ0) is 51.5. The van der Waals surface area contributed by atoms with Crippen molar-refractivity contribution in [2.45, 2.75) is 103 Å². The molecular formula is C75H68O. The Bertz CT molecular complexity index is 3910. The molecule has 0 aliphatic heterocycles. The van der Waals surface area contributed by atoms with Crippen molar-refractivity contribution in [2.75, 3.05) is 6.61 Å². The monoisotopic (exact) mass is 985 g/mol. The van der Waals surface area contributed by atoms with Gasteiger partial charge in [0.1, 0.15) is 5.75 Å². The van der Waals surface area contributed by atoms with Gasteiger partial charge in [-0.05, 0) is 195 Å². The number of fused-ring (bicyclic) bond motifs is 10. The largest absolute Gasteiger partial charge is 0.494 e. The highest BCUT2D eigenvalue weighted by Crippen LogP contribution is 2.58. The second kappa shape index (κ2) is 19.4. The maximum absolute atomic E-state index is 6.05. The third-order valence-corrected chi connectivity index (χ3v) is 17.7. The van der Waals surface area contributed by atoms with Gasteiger partial charge in [-0.25, -0.2) is 0 Å². The first-order valence-electron chi connectivity index (χ1n) is 28.6. The van der Waals surface area contributed by atoms with E-state index in [0.29, 0.717) is 6.61 Å². The van der Waals surface area contributed by atoms with E-state index in [1.807, 2.05) is 0 Å². The highest BCUT2D eigenvalue weighted by atomic mass is 16.5. The van der Waals surface area contributed by atoms with E-state index in [4.69, 9.17) is 4.74 Å². The van der Waals surface area contributed by atoms with Gasteiger partial charge in [-0.1, -0.05) is 230 Å². The van der Waals surface area contributed by atoms with Crippen molar-refractivity contribution in [3.8, 4) is 72.5 Å². The average Bonchev–Trinajstić information content (AvgIpc) is 3.90. The summed E-state index contributed by atoms with van der Waals surface area (Å²) in [5.74, 6) is 0.913. The van der Waals surface area contributed by atoms with Crippen LogP contribution in [-0.4, -0.2) is 6.61 Å². The first-order chi connectivity index (χ1) is 37.5. The lowest BCUT2D eigenvalue weighted by Gasteiger charge is -2.33. The Morgan fingerprint density at radius 1 is 0.276 bits per heavy atom. The molecule has 0 atom stereocenters. The maximum atomic E-state index is 6.05. The minimum atomic E-state index is -0.102. The van der Waals surface area contributed by atoms with Crippen LogP contribution in [0.3, 0.4) is 0 Å². The summed E-state index contributed by atoms with van der Waals surface area (Å²) < 4.78 is 6.05. The molecule has 0 N–H and O–H groups in total. The minimum absolute atomic E-state index is 0.0545. The molecule has 0 saturated heterocycles. The molecule has 0 amide bonds. The van der Waals surface area contributed by atoms with E-state index in [1.54, 1.807) is 0 Å². The second-order valence-corrected chi connectivity index (χ2v) is 22.0. The SMILES string of the molecule is CCCOc1ccc(-c2c3ccccc3c(-c3c4ccccc4c(-c4ccc5c(c4)C(CCC)(CCC)c4cc(-c6ccc7c(c6)C(CCC)(CCC)c6ccccc6-7)ccc4-5)c4ccccc34)c3ccccc23)cc1. The summed E-state index contributed by atoms with van der Waals surface area (Å²) in [5, 5.41) is 10.1. The van der Waals surface area contributed by atoms with Crippen LogP contribution in [0.2, 0.25) is 0 Å². The van der Waals surface area contributed by atoms with Crippen molar-refractivity contribution >= 4 is 43.1 Å². The molecule has 374 valence electrons. The zero-order valence-electron chi connectivity index (χ0n) is 45.0. The molecule has 0 bridgehead atoms. The fourth-order valence-corrected chi connectivity index (χ4v) is 14.9. The lowest BCUT2D eigenvalue weighted by atomic mass is 9.70. The first kappa shape index (κ1) is 47.9. The Kier molecular flexibility index (Phi) is 12.3. The Labute approximate surface area is 450 Å². The summed E-state index contributed by atoms with van der Waals surface area (Å²) in [4.78, 5) is 0. The molecular weight excluding hydrogens is 917 g/mol. The van der Waals surface area contributed by atoms with Gasteiger partial charge >= 0.3 is 0 Å². The van der Waals surface area contributed by atoms with Crippen LogP contribution in [0, 0.1) is 0 Å². The fourth-order valence-electron chi connectivity index (χ4n) is 14.9. The summed E-state index contributed by atoms with van der Waals surface area (Å²) in [6.07, 6.45) is 10.1. The molecule has 0 spiro atoms. The molecule has 13 rings (SSSR count). The van der Waals surface area contributed by atoms with E-state index in [-0.39, 0.29) is 10.8 Å². The fraction of sp³-hybridized carbons (Fsp3) is 0.227. The standard InChI is InChI=1S/C75H68O/c1-6-41-74(42-7-2)66-30-20-19-21-54(66)55-38-33-50(46-67(55)74)51-34-39-56-57-40-35-52(48-69(57)75(43-8-3,44-9-4)68(56)47-51)71-60-24-13-17-28-64(60)73(65-29-18-14-25-61(65)71)72-62-26-15-11-22-58(62)70(59-23-12-16-27-63(59)72)49-31-36-53(37-32-49)76-45-10-5/h11-40,46-48H,6-10,41-45H2,1-5H3. The smallest absolute Gasteiger partial charge is 0.119 e. The number of benzene rings is 11. The lowest BCUT2D eigenvalue weighted by Crippen LogP contribution is -2.25. The van der Waals surface area contributed by atoms with Crippen LogP contribution in [0.15, 0.2) is 200 Å². The summed E-state index contributed by atoms with van der Waals surface area (Å²) in [6, 6.07) is 77.1. The van der Waals surface area contributed by atoms with E-state index in [1.165, 1.54) is 145 Å². The molecule has 0 radical (unpaired) electrons. The van der Waals surface area contributed by atoms with Gasteiger partial charge in [-0.2, -0.15) is 0 Å². The molecule has 1 nitrogen and oxygen atoms in total. The zero-order valence-corrected chi connectivity index (χ0v) is 45.0. The minimum Gasteiger partial charge on any atom is -0.494 e. The van der Waals surface area contributed by atoms with Crippen LogP contribution < -0.4 is 4.74 Å². The second-order valence-electron chi connectivity index (χ2n) is 22.0.